The summed E-state index contributed by atoms with van der Waals surface area (Å²) in [6.07, 6.45) is 4.75. The molecule has 3 aromatic heterocycles. The molecule has 0 aliphatic heterocycles. The number of nitrogens with two attached hydrogens (primary N) is 1. The first kappa shape index (κ1) is 17.3. The van der Waals surface area contributed by atoms with Crippen LogP contribution in [0.15, 0.2) is 60.0 Å². The number of nitrogens with zero attached hydrogens (tertiary/aromatic N) is 5. The summed E-state index contributed by atoms with van der Waals surface area (Å²) in [6, 6.07) is 14.1. The summed E-state index contributed by atoms with van der Waals surface area (Å²) in [5.41, 5.74) is 9.11. The fourth-order valence-electron chi connectivity index (χ4n) is 2.78. The van der Waals surface area contributed by atoms with E-state index in [1.54, 1.807) is 11.8 Å². The summed E-state index contributed by atoms with van der Waals surface area (Å²) in [5.74, 6) is 1.80. The number of hydrogen-bond acceptors (Lipinski definition) is 7. The van der Waals surface area contributed by atoms with Gasteiger partial charge in [-0.3, -0.25) is 4.40 Å². The van der Waals surface area contributed by atoms with Crippen molar-refractivity contribution in [3.63, 3.8) is 0 Å². The number of nitrogens with one attached hydrogen (secondary N) is 1. The van der Waals surface area contributed by atoms with Gasteiger partial charge in [-0.1, -0.05) is 43.0 Å². The molecule has 4 rings (SSSR count). The number of benzene rings is 1. The Bertz CT molecular complexity index is 1080. The average Bonchev–Trinajstić information content (AvgIpc) is 3.10. The highest BCUT2D eigenvalue weighted by molar-refractivity contribution is 7.98. The number of pyridine rings is 1. The molecule has 0 bridgehead atoms. The van der Waals surface area contributed by atoms with Gasteiger partial charge in [0, 0.05) is 11.9 Å². The smallest absolute Gasteiger partial charge is 0.232 e. The van der Waals surface area contributed by atoms with Crippen LogP contribution in [0.4, 0.5) is 17.6 Å². The average molecular weight is 377 g/mol. The van der Waals surface area contributed by atoms with Gasteiger partial charge in [0.15, 0.2) is 5.16 Å². The zero-order valence-corrected chi connectivity index (χ0v) is 15.6. The molecule has 7 nitrogen and oxygen atoms in total. The van der Waals surface area contributed by atoms with Gasteiger partial charge in [0.05, 0.1) is 17.5 Å². The highest BCUT2D eigenvalue weighted by Crippen LogP contribution is 2.23. The molecule has 0 amide bonds. The summed E-state index contributed by atoms with van der Waals surface area (Å²) < 4.78 is 2.03. The number of aromatic nitrogens is 5. The van der Waals surface area contributed by atoms with E-state index in [1.807, 2.05) is 53.2 Å². The number of aryl methyl sites for hydroxylation is 1. The van der Waals surface area contributed by atoms with Crippen molar-refractivity contribution >= 4 is 34.9 Å². The summed E-state index contributed by atoms with van der Waals surface area (Å²) in [7, 11) is 0. The maximum absolute atomic E-state index is 5.89. The van der Waals surface area contributed by atoms with E-state index in [0.29, 0.717) is 17.5 Å². The van der Waals surface area contributed by atoms with Gasteiger partial charge in [-0.05, 0) is 30.2 Å². The predicted octanol–water partition coefficient (Wildman–Crippen LogP) is 3.70. The number of hydrogen-bond donors (Lipinski definition) is 2. The van der Waals surface area contributed by atoms with Crippen LogP contribution in [-0.4, -0.2) is 24.3 Å². The monoisotopic (exact) mass is 377 g/mol. The molecular weight excluding hydrogens is 358 g/mol. The largest absolute Gasteiger partial charge is 0.368 e. The Morgan fingerprint density at radius 1 is 1.07 bits per heavy atom. The van der Waals surface area contributed by atoms with Crippen LogP contribution < -0.4 is 11.1 Å². The maximum Gasteiger partial charge on any atom is 0.232 e. The molecule has 0 atom stereocenters. The molecule has 1 aromatic carbocycles. The van der Waals surface area contributed by atoms with Gasteiger partial charge in [-0.25, -0.2) is 4.98 Å². The van der Waals surface area contributed by atoms with Crippen LogP contribution >= 0.6 is 11.8 Å². The number of fused-ring (bicyclic) bond motifs is 1. The quantitative estimate of drug-likeness (QED) is 0.495. The highest BCUT2D eigenvalue weighted by atomic mass is 32.2. The summed E-state index contributed by atoms with van der Waals surface area (Å²) in [4.78, 5) is 17.4. The maximum atomic E-state index is 5.89. The van der Waals surface area contributed by atoms with Crippen molar-refractivity contribution in [2.24, 2.45) is 0 Å². The normalized spacial score (nSPS) is 11.0. The minimum Gasteiger partial charge on any atom is -0.368 e. The van der Waals surface area contributed by atoms with Crippen molar-refractivity contribution in [3.05, 3.63) is 66.2 Å². The number of para-hydroxylation sites is 1. The van der Waals surface area contributed by atoms with Crippen LogP contribution in [0, 0.1) is 0 Å². The summed E-state index contributed by atoms with van der Waals surface area (Å²) >= 11 is 1.56. The van der Waals surface area contributed by atoms with Crippen LogP contribution in [0.25, 0.3) is 5.52 Å². The van der Waals surface area contributed by atoms with E-state index in [9.17, 15) is 0 Å². The first-order valence-corrected chi connectivity index (χ1v) is 9.61. The van der Waals surface area contributed by atoms with E-state index in [2.05, 4.69) is 38.2 Å². The fraction of sp³-hybridized carbons (Fsp3) is 0.158. The van der Waals surface area contributed by atoms with Crippen LogP contribution in [0.5, 0.6) is 0 Å². The lowest BCUT2D eigenvalue weighted by atomic mass is 10.1. The molecule has 136 valence electrons. The molecule has 3 heterocycles. The molecule has 0 radical (unpaired) electrons. The molecule has 27 heavy (non-hydrogen) atoms. The van der Waals surface area contributed by atoms with Crippen LogP contribution in [0.1, 0.15) is 18.3 Å². The Morgan fingerprint density at radius 2 is 1.93 bits per heavy atom. The third-order valence-corrected chi connectivity index (χ3v) is 5.04. The van der Waals surface area contributed by atoms with E-state index in [4.69, 9.17) is 5.73 Å². The third-order valence-electron chi connectivity index (χ3n) is 4.08. The Labute approximate surface area is 161 Å². The van der Waals surface area contributed by atoms with Crippen LogP contribution in [0.3, 0.4) is 0 Å². The van der Waals surface area contributed by atoms with Crippen LogP contribution in [0.2, 0.25) is 0 Å². The van der Waals surface area contributed by atoms with Gasteiger partial charge in [-0.15, -0.1) is 0 Å². The number of rotatable bonds is 6. The van der Waals surface area contributed by atoms with Gasteiger partial charge < -0.3 is 11.1 Å². The first-order chi connectivity index (χ1) is 13.2. The predicted molar refractivity (Wildman–Crippen MR) is 108 cm³/mol. The number of imidazole rings is 1. The molecular formula is C19H19N7S. The highest BCUT2D eigenvalue weighted by Gasteiger charge is 2.10. The van der Waals surface area contributed by atoms with Crippen molar-refractivity contribution in [2.75, 3.05) is 11.1 Å². The minimum absolute atomic E-state index is 0.199. The molecule has 0 spiro atoms. The zero-order valence-electron chi connectivity index (χ0n) is 14.8. The van der Waals surface area contributed by atoms with E-state index in [1.165, 1.54) is 5.56 Å². The first-order valence-electron chi connectivity index (χ1n) is 8.63. The lowest BCUT2D eigenvalue weighted by Crippen LogP contribution is -2.07. The summed E-state index contributed by atoms with van der Waals surface area (Å²) in [6.45, 7) is 2.11. The van der Waals surface area contributed by atoms with Crippen LogP contribution in [-0.2, 0) is 12.2 Å². The van der Waals surface area contributed by atoms with E-state index >= 15 is 0 Å². The summed E-state index contributed by atoms with van der Waals surface area (Å²) in [5, 5.41) is 4.14. The number of thioether (sulfide) groups is 1. The molecule has 3 N–H and O–H groups in total. The molecule has 0 unspecified atom stereocenters. The fourth-order valence-corrected chi connectivity index (χ4v) is 3.60. The third kappa shape index (κ3) is 3.85. The lowest BCUT2D eigenvalue weighted by molar-refractivity contribution is 0.943. The Hall–Kier alpha value is -3.13. The number of nitrogen functional groups attached to an aromatic ring is 1. The SMILES string of the molecule is CCc1ccccc1Nc1nc(N)nc(CSc2ncc3ccccn23)n1. The molecule has 0 saturated carbocycles. The van der Waals surface area contributed by atoms with Crippen molar-refractivity contribution < 1.29 is 0 Å². The topological polar surface area (TPSA) is 94.0 Å². The molecule has 0 fully saturated rings. The van der Waals surface area contributed by atoms with Gasteiger partial charge in [-0.2, -0.15) is 15.0 Å². The van der Waals surface area contributed by atoms with Gasteiger partial charge in [0.1, 0.15) is 5.82 Å². The van der Waals surface area contributed by atoms with Crippen molar-refractivity contribution in [1.29, 1.82) is 0 Å². The molecule has 0 saturated heterocycles. The van der Waals surface area contributed by atoms with Crippen molar-refractivity contribution in [2.45, 2.75) is 24.3 Å². The molecule has 4 aromatic rings. The second-order valence-corrected chi connectivity index (χ2v) is 6.84. The Balaban J connectivity index is 1.54. The molecule has 8 heteroatoms. The Kier molecular flexibility index (Phi) is 4.88. The second-order valence-electron chi connectivity index (χ2n) is 5.89. The van der Waals surface area contributed by atoms with E-state index in [0.717, 1.165) is 22.8 Å². The van der Waals surface area contributed by atoms with Gasteiger partial charge >= 0.3 is 0 Å². The van der Waals surface area contributed by atoms with E-state index in [-0.39, 0.29) is 5.95 Å². The molecule has 0 aliphatic rings. The van der Waals surface area contributed by atoms with Crippen molar-refractivity contribution in [3.8, 4) is 0 Å². The second kappa shape index (κ2) is 7.63. The standard InChI is InChI=1S/C19H19N7S/c1-2-13-7-3-4-9-15(13)22-18-24-16(23-17(20)25-18)12-27-19-21-11-14-8-5-6-10-26(14)19/h3-11H,2,12H2,1H3,(H3,20,22,23,24,25). The van der Waals surface area contributed by atoms with E-state index < -0.39 is 0 Å². The van der Waals surface area contributed by atoms with Gasteiger partial charge in [0.25, 0.3) is 0 Å². The Morgan fingerprint density at radius 3 is 2.81 bits per heavy atom. The number of anilines is 3. The lowest BCUT2D eigenvalue weighted by Gasteiger charge is -2.10. The molecule has 0 aliphatic carbocycles. The van der Waals surface area contributed by atoms with Gasteiger partial charge in [0.2, 0.25) is 11.9 Å². The van der Waals surface area contributed by atoms with Crippen molar-refractivity contribution in [1.82, 2.24) is 24.3 Å². The zero-order chi connectivity index (χ0) is 18.6. The minimum atomic E-state index is 0.199.